The SMILES string of the molecule is Cc1cccc(C(C)c2ccc(S(C)=O)cc2)c1Cl. The predicted molar refractivity (Wildman–Crippen MR) is 82.5 cm³/mol. The Bertz CT molecular complexity index is 605. The topological polar surface area (TPSA) is 17.1 Å². The van der Waals surface area contributed by atoms with Crippen molar-refractivity contribution in [1.29, 1.82) is 0 Å². The van der Waals surface area contributed by atoms with Gasteiger partial charge in [0.25, 0.3) is 0 Å². The molecule has 0 amide bonds. The molecule has 0 fully saturated rings. The van der Waals surface area contributed by atoms with E-state index in [1.54, 1.807) is 6.26 Å². The molecule has 100 valence electrons. The smallest absolute Gasteiger partial charge is 0.0498 e. The van der Waals surface area contributed by atoms with Crippen molar-refractivity contribution in [1.82, 2.24) is 0 Å². The fraction of sp³-hybridized carbons (Fsp3) is 0.250. The molecular formula is C16H17ClOS. The summed E-state index contributed by atoms with van der Waals surface area (Å²) in [6, 6.07) is 14.0. The first-order chi connectivity index (χ1) is 9.00. The van der Waals surface area contributed by atoms with Gasteiger partial charge in [0.15, 0.2) is 0 Å². The van der Waals surface area contributed by atoms with Crippen LogP contribution in [0, 0.1) is 6.92 Å². The van der Waals surface area contributed by atoms with Crippen molar-refractivity contribution in [2.75, 3.05) is 6.26 Å². The minimum atomic E-state index is -0.929. The van der Waals surface area contributed by atoms with Crippen molar-refractivity contribution in [3.05, 3.63) is 64.2 Å². The van der Waals surface area contributed by atoms with Gasteiger partial charge in [-0.05, 0) is 35.7 Å². The van der Waals surface area contributed by atoms with Crippen molar-refractivity contribution in [2.45, 2.75) is 24.7 Å². The van der Waals surface area contributed by atoms with E-state index >= 15 is 0 Å². The first-order valence-corrected chi connectivity index (χ1v) is 8.12. The summed E-state index contributed by atoms with van der Waals surface area (Å²) in [6.45, 7) is 4.15. The number of aryl methyl sites for hydroxylation is 1. The molecule has 0 spiro atoms. The number of rotatable bonds is 3. The van der Waals surface area contributed by atoms with Gasteiger partial charge in [-0.2, -0.15) is 0 Å². The fourth-order valence-corrected chi connectivity index (χ4v) is 2.94. The molecule has 0 N–H and O–H groups in total. The first kappa shape index (κ1) is 14.3. The van der Waals surface area contributed by atoms with Gasteiger partial charge < -0.3 is 0 Å². The Balaban J connectivity index is 2.36. The largest absolute Gasteiger partial charge is 0.255 e. The lowest BCUT2D eigenvalue weighted by Gasteiger charge is -2.15. The molecule has 0 heterocycles. The van der Waals surface area contributed by atoms with Gasteiger partial charge in [0, 0.05) is 32.9 Å². The van der Waals surface area contributed by atoms with Crippen LogP contribution in [0.4, 0.5) is 0 Å². The maximum Gasteiger partial charge on any atom is 0.0498 e. The minimum absolute atomic E-state index is 0.228. The highest BCUT2D eigenvalue weighted by Crippen LogP contribution is 2.32. The van der Waals surface area contributed by atoms with E-state index in [0.717, 1.165) is 21.0 Å². The summed E-state index contributed by atoms with van der Waals surface area (Å²) in [5, 5.41) is 0.832. The Kier molecular flexibility index (Phi) is 4.43. The van der Waals surface area contributed by atoms with Crippen LogP contribution in [0.15, 0.2) is 47.4 Å². The second kappa shape index (κ2) is 5.89. The molecule has 2 unspecified atom stereocenters. The summed E-state index contributed by atoms with van der Waals surface area (Å²) >= 11 is 6.37. The van der Waals surface area contributed by atoms with Crippen molar-refractivity contribution >= 4 is 22.4 Å². The number of benzene rings is 2. The molecule has 2 atom stereocenters. The van der Waals surface area contributed by atoms with E-state index in [1.807, 2.05) is 43.3 Å². The highest BCUT2D eigenvalue weighted by atomic mass is 35.5. The Morgan fingerprint density at radius 2 is 1.74 bits per heavy atom. The van der Waals surface area contributed by atoms with Gasteiger partial charge in [0.05, 0.1) is 0 Å². The normalized spacial score (nSPS) is 14.1. The maximum atomic E-state index is 11.4. The molecule has 2 aromatic carbocycles. The number of hydrogen-bond donors (Lipinski definition) is 0. The van der Waals surface area contributed by atoms with E-state index in [1.165, 1.54) is 5.56 Å². The molecule has 19 heavy (non-hydrogen) atoms. The van der Waals surface area contributed by atoms with Gasteiger partial charge >= 0.3 is 0 Å². The van der Waals surface area contributed by atoms with Crippen LogP contribution >= 0.6 is 11.6 Å². The molecule has 1 nitrogen and oxygen atoms in total. The van der Waals surface area contributed by atoms with Gasteiger partial charge in [-0.3, -0.25) is 4.21 Å². The van der Waals surface area contributed by atoms with Crippen LogP contribution in [0.25, 0.3) is 0 Å². The zero-order chi connectivity index (χ0) is 14.0. The number of hydrogen-bond acceptors (Lipinski definition) is 1. The van der Waals surface area contributed by atoms with Crippen LogP contribution in [-0.4, -0.2) is 10.5 Å². The Morgan fingerprint density at radius 3 is 2.32 bits per heavy atom. The molecular weight excluding hydrogens is 276 g/mol. The van der Waals surface area contributed by atoms with Gasteiger partial charge in [-0.1, -0.05) is 48.9 Å². The minimum Gasteiger partial charge on any atom is -0.255 e. The predicted octanol–water partition coefficient (Wildman–Crippen LogP) is 4.54. The van der Waals surface area contributed by atoms with Crippen LogP contribution in [0.2, 0.25) is 5.02 Å². The Morgan fingerprint density at radius 1 is 1.11 bits per heavy atom. The highest BCUT2D eigenvalue weighted by Gasteiger charge is 2.13. The van der Waals surface area contributed by atoms with Crippen molar-refractivity contribution in [3.63, 3.8) is 0 Å². The first-order valence-electron chi connectivity index (χ1n) is 6.19. The summed E-state index contributed by atoms with van der Waals surface area (Å²) in [4.78, 5) is 0.853. The third kappa shape index (κ3) is 3.07. The number of halogens is 1. The average molecular weight is 293 g/mol. The molecule has 0 aliphatic heterocycles. The third-order valence-corrected chi connectivity index (χ3v) is 4.85. The molecule has 3 heteroatoms. The van der Waals surface area contributed by atoms with E-state index < -0.39 is 10.8 Å². The average Bonchev–Trinajstić information content (AvgIpc) is 2.41. The fourth-order valence-electron chi connectivity index (χ4n) is 2.13. The lowest BCUT2D eigenvalue weighted by molar-refractivity contribution is 0.686. The van der Waals surface area contributed by atoms with Crippen LogP contribution in [0.3, 0.4) is 0 Å². The van der Waals surface area contributed by atoms with Gasteiger partial charge in [-0.15, -0.1) is 0 Å². The van der Waals surface area contributed by atoms with E-state index in [-0.39, 0.29) is 5.92 Å². The van der Waals surface area contributed by atoms with Gasteiger partial charge in [-0.25, -0.2) is 0 Å². The van der Waals surface area contributed by atoms with Crippen LogP contribution in [0.1, 0.15) is 29.5 Å². The Labute approximate surface area is 122 Å². The molecule has 0 radical (unpaired) electrons. The monoisotopic (exact) mass is 292 g/mol. The lowest BCUT2D eigenvalue weighted by atomic mass is 9.92. The molecule has 0 aromatic heterocycles. The zero-order valence-electron chi connectivity index (χ0n) is 11.3. The van der Waals surface area contributed by atoms with Gasteiger partial charge in [0.2, 0.25) is 0 Å². The van der Waals surface area contributed by atoms with E-state index in [4.69, 9.17) is 11.6 Å². The van der Waals surface area contributed by atoms with E-state index in [2.05, 4.69) is 13.0 Å². The third-order valence-electron chi connectivity index (χ3n) is 3.40. The van der Waals surface area contributed by atoms with Crippen molar-refractivity contribution in [2.24, 2.45) is 0 Å². The van der Waals surface area contributed by atoms with Crippen LogP contribution in [-0.2, 0) is 10.8 Å². The molecule has 0 saturated heterocycles. The van der Waals surface area contributed by atoms with Gasteiger partial charge in [0.1, 0.15) is 0 Å². The van der Waals surface area contributed by atoms with Crippen molar-refractivity contribution < 1.29 is 4.21 Å². The van der Waals surface area contributed by atoms with E-state index in [9.17, 15) is 4.21 Å². The molecule has 2 aromatic rings. The standard InChI is InChI=1S/C16H17ClOS/c1-11-5-4-6-15(16(11)17)12(2)13-7-9-14(10-8-13)19(3)18/h4-10,12H,1-3H3. The zero-order valence-corrected chi connectivity index (χ0v) is 12.9. The maximum absolute atomic E-state index is 11.4. The second-order valence-electron chi connectivity index (χ2n) is 4.72. The van der Waals surface area contributed by atoms with Crippen LogP contribution in [0.5, 0.6) is 0 Å². The molecule has 2 rings (SSSR count). The summed E-state index contributed by atoms with van der Waals surface area (Å²) in [7, 11) is -0.929. The Hall–Kier alpha value is -1.12. The lowest BCUT2D eigenvalue weighted by Crippen LogP contribution is -1.98. The highest BCUT2D eigenvalue weighted by molar-refractivity contribution is 7.84. The molecule has 0 bridgehead atoms. The quantitative estimate of drug-likeness (QED) is 0.812. The second-order valence-corrected chi connectivity index (χ2v) is 6.48. The molecule has 0 aliphatic rings. The van der Waals surface area contributed by atoms with Crippen molar-refractivity contribution in [3.8, 4) is 0 Å². The summed E-state index contributed by atoms with van der Waals surface area (Å²) in [5.74, 6) is 0.228. The molecule has 0 saturated carbocycles. The molecule has 0 aliphatic carbocycles. The summed E-state index contributed by atoms with van der Waals surface area (Å²) in [6.07, 6.45) is 1.69. The summed E-state index contributed by atoms with van der Waals surface area (Å²) < 4.78 is 11.4. The van der Waals surface area contributed by atoms with E-state index in [0.29, 0.717) is 0 Å². The summed E-state index contributed by atoms with van der Waals surface area (Å²) in [5.41, 5.74) is 3.41. The van der Waals surface area contributed by atoms with Crippen LogP contribution < -0.4 is 0 Å².